The maximum Gasteiger partial charge on any atom is 0.349 e. The molecule has 2 aromatic carbocycles. The summed E-state index contributed by atoms with van der Waals surface area (Å²) in [5.41, 5.74) is -0.225. The Kier molecular flexibility index (Phi) is 4.24. The van der Waals surface area contributed by atoms with E-state index >= 15 is 0 Å². The number of imide groups is 1. The molecule has 32 heavy (non-hydrogen) atoms. The van der Waals surface area contributed by atoms with Crippen molar-refractivity contribution in [2.24, 2.45) is 0 Å². The van der Waals surface area contributed by atoms with Gasteiger partial charge < -0.3 is 10.2 Å². The van der Waals surface area contributed by atoms with Crippen LogP contribution in [0.4, 0.5) is 8.78 Å². The maximum absolute atomic E-state index is 14.6. The molecule has 2 heterocycles. The van der Waals surface area contributed by atoms with E-state index < -0.39 is 67.0 Å². The number of piperidine rings is 1. The zero-order valence-electron chi connectivity index (χ0n) is 21.2. The molecule has 2 aliphatic heterocycles. The van der Waals surface area contributed by atoms with E-state index in [0.717, 1.165) is 12.1 Å². The van der Waals surface area contributed by atoms with Crippen LogP contribution in [-0.4, -0.2) is 34.5 Å². The molecule has 0 spiro atoms. The van der Waals surface area contributed by atoms with Crippen molar-refractivity contribution in [2.45, 2.75) is 37.8 Å². The molecule has 1 fully saturated rings. The normalized spacial score (nSPS) is 27.8. The molecule has 10 heteroatoms. The summed E-state index contributed by atoms with van der Waals surface area (Å²) in [5.74, 6) is -9.40. The largest absolute Gasteiger partial charge is 0.349 e. The van der Waals surface area contributed by atoms with E-state index in [1.165, 1.54) is 30.3 Å². The predicted octanol–water partition coefficient (Wildman–Crippen LogP) is 2.51. The number of carbonyl (C=O) groups is 4. The first-order valence-corrected chi connectivity index (χ1v) is 9.69. The molecule has 2 N–H and O–H groups in total. The van der Waals surface area contributed by atoms with Gasteiger partial charge in [0.2, 0.25) is 11.8 Å². The highest BCUT2D eigenvalue weighted by molar-refractivity contribution is 6.30. The fourth-order valence-electron chi connectivity index (χ4n) is 3.33. The molecule has 2 aliphatic rings. The number of fused-ring (bicyclic) bond motifs is 1. The molecule has 0 bridgehead atoms. The van der Waals surface area contributed by atoms with E-state index in [9.17, 15) is 28.0 Å². The summed E-state index contributed by atoms with van der Waals surface area (Å²) in [6, 6.07) is 5.49. The quantitative estimate of drug-likeness (QED) is 0.662. The standard InChI is InChI=1S/C22H18ClF2N3O4/c23-15-4-2-14(3-5-15)22(24,25)21(32)26-10-12-1-6-16-13(9-12)11-28(20(16)31)17-7-8-18(29)27-19(17)30/h1-6,9,17H,7-8,10-11H2,(H,26,32)(H,27,29,30)/t17-/m0/s1/i7D,8D,17D/hD2/t7?,8?,17-. The topological polar surface area (TPSA) is 95.6 Å². The van der Waals surface area contributed by atoms with Gasteiger partial charge in [-0.15, -0.1) is 0 Å². The Bertz CT molecular complexity index is 1320. The van der Waals surface area contributed by atoms with Crippen molar-refractivity contribution >= 4 is 35.2 Å². The summed E-state index contributed by atoms with van der Waals surface area (Å²) in [6.07, 6.45) is -3.92. The van der Waals surface area contributed by atoms with Crippen LogP contribution in [0.15, 0.2) is 42.5 Å². The first-order chi connectivity index (χ1) is 17.2. The molecule has 0 saturated carbocycles. The monoisotopic (exact) mass is 466 g/mol. The third kappa shape index (κ3) is 4.08. The second-order valence-corrected chi connectivity index (χ2v) is 7.50. The highest BCUT2D eigenvalue weighted by Gasteiger charge is 2.41. The molecule has 4 amide bonds. The minimum atomic E-state index is -4.01. The van der Waals surface area contributed by atoms with Crippen molar-refractivity contribution in [1.29, 1.82) is 0 Å². The number of rotatable bonds is 5. The van der Waals surface area contributed by atoms with Crippen LogP contribution in [0.3, 0.4) is 0 Å². The number of nitrogens with zero attached hydrogens (tertiary/aromatic N) is 1. The summed E-state index contributed by atoms with van der Waals surface area (Å²) in [4.78, 5) is 50.4. The third-order valence-electron chi connectivity index (χ3n) is 4.96. The molecule has 4 rings (SSSR count). The Morgan fingerprint density at radius 3 is 2.75 bits per heavy atom. The number of nitrogens with one attached hydrogen (secondary N) is 2. The highest BCUT2D eigenvalue weighted by Crippen LogP contribution is 2.30. The fraction of sp³-hybridized carbons (Fsp3) is 0.273. The van der Waals surface area contributed by atoms with E-state index in [2.05, 4.69) is 0 Å². The van der Waals surface area contributed by atoms with Crippen LogP contribution in [-0.2, 0) is 33.4 Å². The van der Waals surface area contributed by atoms with Gasteiger partial charge in [0.1, 0.15) is 6.02 Å². The van der Waals surface area contributed by atoms with E-state index in [4.69, 9.17) is 18.5 Å². The zero-order valence-corrected chi connectivity index (χ0v) is 17.0. The lowest BCUT2D eigenvalue weighted by atomic mass is 10.0. The number of halogens is 3. The second-order valence-electron chi connectivity index (χ2n) is 7.06. The summed E-state index contributed by atoms with van der Waals surface area (Å²) in [5, 5.41) is 0.0649. The lowest BCUT2D eigenvalue weighted by molar-refractivity contribution is -0.147. The number of carbonyl (C=O) groups excluding carboxylic acids is 4. The van der Waals surface area contributed by atoms with Crippen LogP contribution in [0.2, 0.25) is 7.85 Å². The van der Waals surface area contributed by atoms with Crippen molar-refractivity contribution in [3.63, 3.8) is 0 Å². The van der Waals surface area contributed by atoms with Gasteiger partial charge in [-0.3, -0.25) is 24.5 Å². The zero-order chi connectivity index (χ0) is 27.4. The van der Waals surface area contributed by atoms with Gasteiger partial charge in [0, 0.05) is 38.4 Å². The Balaban J connectivity index is 1.55. The molecule has 0 aromatic heterocycles. The number of alkyl halides is 2. The molecule has 7 nitrogen and oxygen atoms in total. The van der Waals surface area contributed by atoms with Crippen molar-refractivity contribution in [2.75, 3.05) is 0 Å². The molecule has 3 atom stereocenters. The summed E-state index contributed by atoms with van der Waals surface area (Å²) >= 11 is 5.69. The number of hydrogen-bond acceptors (Lipinski definition) is 4. The number of hydrogen-bond donors (Lipinski definition) is 2. The van der Waals surface area contributed by atoms with E-state index in [1.807, 2.05) is 0 Å². The molecule has 2 unspecified atom stereocenters. The average molecular weight is 467 g/mol. The number of benzene rings is 2. The van der Waals surface area contributed by atoms with Crippen LogP contribution >= 0.6 is 11.6 Å². The Labute approximate surface area is 193 Å². The molecular weight excluding hydrogens is 444 g/mol. The minimum Gasteiger partial charge on any atom is -0.346 e. The predicted molar refractivity (Wildman–Crippen MR) is 110 cm³/mol. The van der Waals surface area contributed by atoms with Gasteiger partial charge in [0.05, 0.1) is 1.37 Å². The number of amides is 4. The van der Waals surface area contributed by atoms with E-state index in [0.29, 0.717) is 4.90 Å². The van der Waals surface area contributed by atoms with Crippen LogP contribution in [0.1, 0.15) is 44.0 Å². The molecule has 2 aromatic rings. The third-order valence-corrected chi connectivity index (χ3v) is 5.21. The van der Waals surface area contributed by atoms with Crippen molar-refractivity contribution in [3.8, 4) is 0 Å². The van der Waals surface area contributed by atoms with Gasteiger partial charge in [0.25, 0.3) is 11.8 Å². The first-order valence-electron chi connectivity index (χ1n) is 11.9. The first kappa shape index (κ1) is 16.3. The second kappa shape index (κ2) is 8.31. The maximum atomic E-state index is 14.6. The summed E-state index contributed by atoms with van der Waals surface area (Å²) in [7, 11) is 0. The molecule has 0 radical (unpaired) electrons. The van der Waals surface area contributed by atoms with Gasteiger partial charge in [0.15, 0.2) is 2.82 Å². The van der Waals surface area contributed by atoms with Gasteiger partial charge in [-0.2, -0.15) is 8.78 Å². The van der Waals surface area contributed by atoms with Gasteiger partial charge in [-0.25, -0.2) is 0 Å². The van der Waals surface area contributed by atoms with Crippen molar-refractivity contribution in [1.82, 2.24) is 15.5 Å². The van der Waals surface area contributed by atoms with Gasteiger partial charge >= 0.3 is 5.92 Å². The molecular formula is C22H18ClF2N3O4. The lowest BCUT2D eigenvalue weighted by Crippen LogP contribution is -2.52. The van der Waals surface area contributed by atoms with Crippen molar-refractivity contribution < 1.29 is 34.9 Å². The van der Waals surface area contributed by atoms with Gasteiger partial charge in [-0.05, 0) is 35.7 Å². The van der Waals surface area contributed by atoms with Crippen LogP contribution in [0, 0.1) is 0 Å². The molecule has 166 valence electrons. The van der Waals surface area contributed by atoms with Gasteiger partial charge in [-0.1, -0.05) is 35.9 Å². The summed E-state index contributed by atoms with van der Waals surface area (Å²) in [6.45, 7) is -0.993. The highest BCUT2D eigenvalue weighted by atomic mass is 35.5. The van der Waals surface area contributed by atoms with Crippen molar-refractivity contribution in [3.05, 3.63) is 69.7 Å². The van der Waals surface area contributed by atoms with E-state index in [1.54, 1.807) is 0 Å². The molecule has 0 aliphatic carbocycles. The van der Waals surface area contributed by atoms with Crippen LogP contribution in [0.25, 0.3) is 0 Å². The molecule has 1 saturated heterocycles. The Hall–Kier alpha value is -3.33. The summed E-state index contributed by atoms with van der Waals surface area (Å²) < 4.78 is 69.1. The SMILES string of the molecule is [2H]C1C(=O)N([2H])C(=O)[C@@]([2H])(N2Cc3cc(CN([2H])C(=O)C(F)(F)c4ccc(Cl)cc4)ccc3C2=O)C1[2H]. The Morgan fingerprint density at radius 2 is 2.03 bits per heavy atom. The minimum absolute atomic E-state index is 0.0136. The fourth-order valence-corrected chi connectivity index (χ4v) is 3.46. The van der Waals surface area contributed by atoms with E-state index in [-0.39, 0.29) is 32.3 Å². The van der Waals surface area contributed by atoms with Crippen LogP contribution < -0.4 is 10.6 Å². The Morgan fingerprint density at radius 1 is 1.31 bits per heavy atom. The lowest BCUT2D eigenvalue weighted by Gasteiger charge is -2.29. The smallest absolute Gasteiger partial charge is 0.346 e. The van der Waals surface area contributed by atoms with Crippen LogP contribution in [0.5, 0.6) is 0 Å². The average Bonchev–Trinajstić information content (AvgIpc) is 3.20.